The molecular weight excluding hydrogens is 308 g/mol. The van der Waals surface area contributed by atoms with E-state index < -0.39 is 12.3 Å². The van der Waals surface area contributed by atoms with Crippen molar-refractivity contribution in [1.82, 2.24) is 0 Å². The number of benzene rings is 1. The summed E-state index contributed by atoms with van der Waals surface area (Å²) in [5.41, 5.74) is 0.513. The maximum absolute atomic E-state index is 12.1. The van der Waals surface area contributed by atoms with E-state index in [9.17, 15) is 13.2 Å². The summed E-state index contributed by atoms with van der Waals surface area (Å²) in [6.45, 7) is 0. The summed E-state index contributed by atoms with van der Waals surface area (Å²) < 4.78 is 36.0. The van der Waals surface area contributed by atoms with Gasteiger partial charge >= 0.3 is 6.18 Å². The zero-order valence-corrected chi connectivity index (χ0v) is 10.1. The van der Waals surface area contributed by atoms with Crippen molar-refractivity contribution >= 4 is 33.6 Å². The Bertz CT molecular complexity index is 386. The van der Waals surface area contributed by atoms with Gasteiger partial charge in [0.2, 0.25) is 0 Å². The van der Waals surface area contributed by atoms with Gasteiger partial charge in [-0.05, 0) is 23.8 Å². The molecule has 1 aromatic carbocycles. The lowest BCUT2D eigenvalue weighted by molar-refractivity contribution is -0.188. The first-order chi connectivity index (χ1) is 7.30. The van der Waals surface area contributed by atoms with Crippen LogP contribution < -0.4 is 0 Å². The molecule has 0 saturated carbocycles. The Morgan fingerprint density at radius 1 is 1.31 bits per heavy atom. The van der Waals surface area contributed by atoms with Gasteiger partial charge in [-0.2, -0.15) is 13.2 Å². The van der Waals surface area contributed by atoms with Crippen LogP contribution in [-0.4, -0.2) is 17.4 Å². The smallest absolute Gasteiger partial charge is 0.379 e. The second-order valence-corrected chi connectivity index (χ2v) is 4.38. The number of aliphatic hydroxyl groups excluding tert-OH is 1. The topological polar surface area (TPSA) is 20.2 Å². The SMILES string of the molecule is OC(/C(Br)=C/c1ccc(Cl)cc1)C(F)(F)F. The molecule has 0 aromatic heterocycles. The molecule has 1 atom stereocenters. The van der Waals surface area contributed by atoms with Crippen molar-refractivity contribution in [2.24, 2.45) is 0 Å². The number of alkyl halides is 3. The Kier molecular flexibility index (Phi) is 4.41. The molecule has 1 rings (SSSR count). The van der Waals surface area contributed by atoms with Crippen LogP contribution >= 0.6 is 27.5 Å². The monoisotopic (exact) mass is 314 g/mol. The first-order valence-electron chi connectivity index (χ1n) is 4.18. The maximum atomic E-state index is 12.1. The van der Waals surface area contributed by atoms with Gasteiger partial charge in [-0.1, -0.05) is 39.7 Å². The van der Waals surface area contributed by atoms with Crippen LogP contribution in [0.2, 0.25) is 5.02 Å². The summed E-state index contributed by atoms with van der Waals surface area (Å²) in [5, 5.41) is 9.39. The van der Waals surface area contributed by atoms with Crippen LogP contribution in [0.15, 0.2) is 28.7 Å². The van der Waals surface area contributed by atoms with Crippen LogP contribution in [-0.2, 0) is 0 Å². The van der Waals surface area contributed by atoms with Crippen molar-refractivity contribution in [1.29, 1.82) is 0 Å². The number of aliphatic hydroxyl groups is 1. The predicted octanol–water partition coefficient (Wildman–Crippen LogP) is 4.00. The quantitative estimate of drug-likeness (QED) is 0.874. The van der Waals surface area contributed by atoms with Gasteiger partial charge in [-0.25, -0.2) is 0 Å². The van der Waals surface area contributed by atoms with Gasteiger partial charge < -0.3 is 5.11 Å². The van der Waals surface area contributed by atoms with E-state index in [-0.39, 0.29) is 4.48 Å². The molecule has 1 N–H and O–H groups in total. The van der Waals surface area contributed by atoms with E-state index in [0.29, 0.717) is 10.6 Å². The largest absolute Gasteiger partial charge is 0.419 e. The molecular formula is C10H7BrClF3O. The molecule has 0 amide bonds. The summed E-state index contributed by atoms with van der Waals surface area (Å²) in [5.74, 6) is 0. The molecule has 16 heavy (non-hydrogen) atoms. The lowest BCUT2D eigenvalue weighted by Crippen LogP contribution is -2.28. The van der Waals surface area contributed by atoms with Gasteiger partial charge in [-0.15, -0.1) is 0 Å². The summed E-state index contributed by atoms with van der Waals surface area (Å²) in [4.78, 5) is 0. The highest BCUT2D eigenvalue weighted by atomic mass is 79.9. The minimum absolute atomic E-state index is 0.345. The number of rotatable bonds is 2. The normalized spacial score (nSPS) is 15.0. The fourth-order valence-electron chi connectivity index (χ4n) is 0.954. The minimum atomic E-state index is -4.68. The Labute approximate surface area is 104 Å². The van der Waals surface area contributed by atoms with Crippen molar-refractivity contribution in [3.05, 3.63) is 39.3 Å². The highest BCUT2D eigenvalue weighted by Crippen LogP contribution is 2.29. The molecule has 0 heterocycles. The molecule has 0 radical (unpaired) electrons. The van der Waals surface area contributed by atoms with Gasteiger partial charge in [0.15, 0.2) is 6.10 Å². The summed E-state index contributed by atoms with van der Waals surface area (Å²) >= 11 is 8.31. The van der Waals surface area contributed by atoms with E-state index in [1.54, 1.807) is 24.3 Å². The molecule has 1 nitrogen and oxygen atoms in total. The van der Waals surface area contributed by atoms with E-state index in [4.69, 9.17) is 16.7 Å². The Balaban J connectivity index is 2.88. The molecule has 0 bridgehead atoms. The Morgan fingerprint density at radius 2 is 1.81 bits per heavy atom. The Morgan fingerprint density at radius 3 is 2.25 bits per heavy atom. The lowest BCUT2D eigenvalue weighted by atomic mass is 10.2. The molecule has 0 aliphatic rings. The summed E-state index contributed by atoms with van der Waals surface area (Å²) in [6.07, 6.45) is -6.00. The highest BCUT2D eigenvalue weighted by Gasteiger charge is 2.39. The number of halogens is 5. The third-order valence-electron chi connectivity index (χ3n) is 1.75. The first kappa shape index (κ1) is 13.5. The van der Waals surface area contributed by atoms with Crippen LogP contribution in [0.3, 0.4) is 0 Å². The van der Waals surface area contributed by atoms with Gasteiger partial charge in [0.25, 0.3) is 0 Å². The molecule has 88 valence electrons. The van der Waals surface area contributed by atoms with Crippen molar-refractivity contribution in [2.45, 2.75) is 12.3 Å². The van der Waals surface area contributed by atoms with Gasteiger partial charge in [0, 0.05) is 9.51 Å². The van der Waals surface area contributed by atoms with Crippen LogP contribution in [0.4, 0.5) is 13.2 Å². The molecule has 0 spiro atoms. The minimum Gasteiger partial charge on any atom is -0.379 e. The average Bonchev–Trinajstić information content (AvgIpc) is 2.19. The fourth-order valence-corrected chi connectivity index (χ4v) is 1.60. The van der Waals surface area contributed by atoms with Crippen molar-refractivity contribution in [3.8, 4) is 0 Å². The molecule has 1 aromatic rings. The summed E-state index contributed by atoms with van der Waals surface area (Å²) in [6, 6.07) is 6.20. The second-order valence-electron chi connectivity index (χ2n) is 3.02. The van der Waals surface area contributed by atoms with Gasteiger partial charge in [-0.3, -0.25) is 0 Å². The highest BCUT2D eigenvalue weighted by molar-refractivity contribution is 9.11. The lowest BCUT2D eigenvalue weighted by Gasteiger charge is -2.13. The number of hydrogen-bond acceptors (Lipinski definition) is 1. The first-order valence-corrected chi connectivity index (χ1v) is 5.35. The molecule has 6 heteroatoms. The Hall–Kier alpha value is -0.520. The zero-order valence-electron chi connectivity index (χ0n) is 7.80. The zero-order chi connectivity index (χ0) is 12.3. The third kappa shape index (κ3) is 3.81. The molecule has 0 fully saturated rings. The average molecular weight is 316 g/mol. The van der Waals surface area contributed by atoms with E-state index in [1.165, 1.54) is 6.08 Å². The van der Waals surface area contributed by atoms with E-state index >= 15 is 0 Å². The van der Waals surface area contributed by atoms with Crippen LogP contribution in [0.1, 0.15) is 5.56 Å². The third-order valence-corrected chi connectivity index (χ3v) is 2.66. The van der Waals surface area contributed by atoms with E-state index in [0.717, 1.165) is 0 Å². The van der Waals surface area contributed by atoms with Crippen molar-refractivity contribution < 1.29 is 18.3 Å². The van der Waals surface area contributed by atoms with E-state index in [2.05, 4.69) is 15.9 Å². The maximum Gasteiger partial charge on any atom is 0.419 e. The van der Waals surface area contributed by atoms with Crippen LogP contribution in [0.5, 0.6) is 0 Å². The molecule has 0 aliphatic heterocycles. The van der Waals surface area contributed by atoms with E-state index in [1.807, 2.05) is 0 Å². The van der Waals surface area contributed by atoms with Gasteiger partial charge in [0.05, 0.1) is 0 Å². The molecule has 1 unspecified atom stereocenters. The van der Waals surface area contributed by atoms with Crippen molar-refractivity contribution in [3.63, 3.8) is 0 Å². The summed E-state index contributed by atoms with van der Waals surface area (Å²) in [7, 11) is 0. The predicted molar refractivity (Wildman–Crippen MR) is 60.4 cm³/mol. The van der Waals surface area contributed by atoms with Crippen LogP contribution in [0, 0.1) is 0 Å². The number of hydrogen-bond donors (Lipinski definition) is 1. The van der Waals surface area contributed by atoms with Gasteiger partial charge in [0.1, 0.15) is 0 Å². The van der Waals surface area contributed by atoms with Crippen molar-refractivity contribution in [2.75, 3.05) is 0 Å². The molecule has 0 saturated heterocycles. The standard InChI is InChI=1S/C10H7BrClF3O/c11-8(9(16)10(13,14)15)5-6-1-3-7(12)4-2-6/h1-5,9,16H/b8-5-. The fraction of sp³-hybridized carbons (Fsp3) is 0.200. The molecule has 0 aliphatic carbocycles. The second kappa shape index (κ2) is 5.21. The van der Waals surface area contributed by atoms with Crippen LogP contribution in [0.25, 0.3) is 6.08 Å².